The molecule has 16 heavy (non-hydrogen) atoms. The van der Waals surface area contributed by atoms with E-state index in [4.69, 9.17) is 4.74 Å². The summed E-state index contributed by atoms with van der Waals surface area (Å²) >= 11 is 0. The van der Waals surface area contributed by atoms with Gasteiger partial charge in [-0.2, -0.15) is 0 Å². The second-order valence-corrected chi connectivity index (χ2v) is 4.80. The van der Waals surface area contributed by atoms with E-state index in [-0.39, 0.29) is 11.2 Å². The zero-order valence-corrected chi connectivity index (χ0v) is 10.3. The summed E-state index contributed by atoms with van der Waals surface area (Å²) in [7, 11) is 1.59. The smallest absolute Gasteiger partial charge is 0.185 e. The molecule has 0 radical (unpaired) electrons. The molecule has 0 aliphatic heterocycles. The predicted molar refractivity (Wildman–Crippen MR) is 65.9 cm³/mol. The fourth-order valence-corrected chi connectivity index (χ4v) is 1.20. The number of rotatable bonds is 3. The Balaban J connectivity index is 2.85. The number of carbonyl (C=O) groups is 1. The summed E-state index contributed by atoms with van der Waals surface area (Å²) in [5.41, 5.74) is 0.675. The van der Waals surface area contributed by atoms with Crippen LogP contribution in [0.25, 0.3) is 0 Å². The first-order chi connectivity index (χ1) is 7.42. The van der Waals surface area contributed by atoms with Crippen molar-refractivity contribution >= 4 is 5.78 Å². The van der Waals surface area contributed by atoms with Gasteiger partial charge in [-0.3, -0.25) is 4.79 Å². The molecule has 2 heteroatoms. The molecule has 0 aliphatic rings. The largest absolute Gasteiger partial charge is 0.497 e. The Hall–Kier alpha value is -1.57. The quantitative estimate of drug-likeness (QED) is 0.573. The van der Waals surface area contributed by atoms with Crippen LogP contribution < -0.4 is 4.74 Å². The van der Waals surface area contributed by atoms with Crippen LogP contribution in [0.3, 0.4) is 0 Å². The normalized spacial score (nSPS) is 11.8. The van der Waals surface area contributed by atoms with Crippen molar-refractivity contribution in [2.24, 2.45) is 5.41 Å². The number of methoxy groups -OCH3 is 1. The zero-order chi connectivity index (χ0) is 12.2. The van der Waals surface area contributed by atoms with E-state index in [1.165, 1.54) is 0 Å². The van der Waals surface area contributed by atoms with Crippen molar-refractivity contribution in [3.8, 4) is 5.75 Å². The third-order valence-corrected chi connectivity index (χ3v) is 2.09. The first-order valence-electron chi connectivity index (χ1n) is 5.30. The average molecular weight is 218 g/mol. The van der Waals surface area contributed by atoms with E-state index in [0.717, 1.165) is 0 Å². The van der Waals surface area contributed by atoms with Gasteiger partial charge in [-0.05, 0) is 23.6 Å². The number of carbonyl (C=O) groups excluding carboxylic acids is 1. The lowest BCUT2D eigenvalue weighted by molar-refractivity contribution is 0.104. The molecule has 2 nitrogen and oxygen atoms in total. The number of allylic oxidation sites excluding steroid dienone is 2. The van der Waals surface area contributed by atoms with Gasteiger partial charge in [-0.15, -0.1) is 0 Å². The van der Waals surface area contributed by atoms with E-state index < -0.39 is 0 Å². The average Bonchev–Trinajstić information content (AvgIpc) is 2.25. The van der Waals surface area contributed by atoms with Gasteiger partial charge in [0.2, 0.25) is 0 Å². The predicted octanol–water partition coefficient (Wildman–Crippen LogP) is 3.48. The second kappa shape index (κ2) is 4.97. The second-order valence-electron chi connectivity index (χ2n) is 4.80. The van der Waals surface area contributed by atoms with Crippen LogP contribution in [0.1, 0.15) is 31.1 Å². The Kier molecular flexibility index (Phi) is 3.88. The Bertz CT molecular complexity index is 397. The topological polar surface area (TPSA) is 26.3 Å². The molecule has 0 amide bonds. The summed E-state index contributed by atoms with van der Waals surface area (Å²) < 4.78 is 5.07. The third-order valence-electron chi connectivity index (χ3n) is 2.09. The highest BCUT2D eigenvalue weighted by molar-refractivity contribution is 6.04. The van der Waals surface area contributed by atoms with Crippen molar-refractivity contribution in [2.75, 3.05) is 7.11 Å². The maximum absolute atomic E-state index is 11.8. The van der Waals surface area contributed by atoms with E-state index in [2.05, 4.69) is 20.8 Å². The Morgan fingerprint density at radius 2 is 2.00 bits per heavy atom. The molecule has 0 atom stereocenters. The van der Waals surface area contributed by atoms with Crippen molar-refractivity contribution < 1.29 is 9.53 Å². The minimum atomic E-state index is 0.00817. The SMILES string of the molecule is COc1cccc(C(=O)/C=C/C(C)(C)C)c1. The molecular formula is C14H18O2. The van der Waals surface area contributed by atoms with Crippen LogP contribution in [0.2, 0.25) is 0 Å². The number of ketones is 1. The van der Waals surface area contributed by atoms with Gasteiger partial charge in [0.25, 0.3) is 0 Å². The molecule has 0 saturated heterocycles. The van der Waals surface area contributed by atoms with Gasteiger partial charge in [-0.25, -0.2) is 0 Å². The number of hydrogen-bond donors (Lipinski definition) is 0. The van der Waals surface area contributed by atoms with Gasteiger partial charge in [0.15, 0.2) is 5.78 Å². The maximum atomic E-state index is 11.8. The third kappa shape index (κ3) is 3.89. The molecule has 0 spiro atoms. The van der Waals surface area contributed by atoms with Crippen LogP contribution in [0.5, 0.6) is 5.75 Å². The summed E-state index contributed by atoms with van der Waals surface area (Å²) in [4.78, 5) is 11.8. The Labute approximate surface area is 96.9 Å². The van der Waals surface area contributed by atoms with Gasteiger partial charge in [0.05, 0.1) is 7.11 Å². The minimum absolute atomic E-state index is 0.00817. The minimum Gasteiger partial charge on any atom is -0.497 e. The molecule has 0 aromatic heterocycles. The van der Waals surface area contributed by atoms with Crippen molar-refractivity contribution in [2.45, 2.75) is 20.8 Å². The standard InChI is InChI=1S/C14H18O2/c1-14(2,3)9-8-13(15)11-6-5-7-12(10-11)16-4/h5-10H,1-4H3/b9-8+. The van der Waals surface area contributed by atoms with Gasteiger partial charge >= 0.3 is 0 Å². The van der Waals surface area contributed by atoms with Crippen molar-refractivity contribution in [1.29, 1.82) is 0 Å². The van der Waals surface area contributed by atoms with Gasteiger partial charge in [0.1, 0.15) is 5.75 Å². The molecule has 0 unspecified atom stereocenters. The molecule has 1 aromatic carbocycles. The van der Waals surface area contributed by atoms with E-state index in [1.807, 2.05) is 18.2 Å². The van der Waals surface area contributed by atoms with Gasteiger partial charge in [-0.1, -0.05) is 39.0 Å². The molecule has 0 aliphatic carbocycles. The molecular weight excluding hydrogens is 200 g/mol. The van der Waals surface area contributed by atoms with Crippen LogP contribution in [0.4, 0.5) is 0 Å². The van der Waals surface area contributed by atoms with Crippen LogP contribution in [-0.4, -0.2) is 12.9 Å². The lowest BCUT2D eigenvalue weighted by atomic mass is 9.95. The van der Waals surface area contributed by atoms with Crippen LogP contribution in [0.15, 0.2) is 36.4 Å². The lowest BCUT2D eigenvalue weighted by Gasteiger charge is -2.10. The van der Waals surface area contributed by atoms with Crippen molar-refractivity contribution in [3.63, 3.8) is 0 Å². The van der Waals surface area contributed by atoms with Crippen LogP contribution in [-0.2, 0) is 0 Å². The zero-order valence-electron chi connectivity index (χ0n) is 10.3. The highest BCUT2D eigenvalue weighted by atomic mass is 16.5. The van der Waals surface area contributed by atoms with E-state index in [9.17, 15) is 4.79 Å². The number of benzene rings is 1. The highest BCUT2D eigenvalue weighted by Crippen LogP contribution is 2.17. The molecule has 1 rings (SSSR count). The molecule has 0 N–H and O–H groups in total. The Morgan fingerprint density at radius 1 is 1.31 bits per heavy atom. The molecule has 1 aromatic rings. The maximum Gasteiger partial charge on any atom is 0.185 e. The first-order valence-corrected chi connectivity index (χ1v) is 5.30. The Morgan fingerprint density at radius 3 is 2.56 bits per heavy atom. The van der Waals surface area contributed by atoms with Crippen molar-refractivity contribution in [3.05, 3.63) is 42.0 Å². The molecule has 0 heterocycles. The first kappa shape index (κ1) is 12.5. The van der Waals surface area contributed by atoms with Gasteiger partial charge < -0.3 is 4.74 Å². The van der Waals surface area contributed by atoms with Crippen LogP contribution >= 0.6 is 0 Å². The van der Waals surface area contributed by atoms with Crippen molar-refractivity contribution in [1.82, 2.24) is 0 Å². The fourth-order valence-electron chi connectivity index (χ4n) is 1.20. The summed E-state index contributed by atoms with van der Waals surface area (Å²) in [6.07, 6.45) is 3.53. The van der Waals surface area contributed by atoms with E-state index >= 15 is 0 Å². The summed E-state index contributed by atoms with van der Waals surface area (Å²) in [5.74, 6) is 0.712. The summed E-state index contributed by atoms with van der Waals surface area (Å²) in [6.45, 7) is 6.17. The fraction of sp³-hybridized carbons (Fsp3) is 0.357. The molecule has 0 fully saturated rings. The van der Waals surface area contributed by atoms with E-state index in [1.54, 1.807) is 25.3 Å². The molecule has 86 valence electrons. The molecule has 0 saturated carbocycles. The van der Waals surface area contributed by atoms with E-state index in [0.29, 0.717) is 11.3 Å². The molecule has 0 bridgehead atoms. The van der Waals surface area contributed by atoms with Crippen LogP contribution in [0, 0.1) is 5.41 Å². The number of hydrogen-bond acceptors (Lipinski definition) is 2. The lowest BCUT2D eigenvalue weighted by Crippen LogP contribution is -2.02. The van der Waals surface area contributed by atoms with Gasteiger partial charge in [0, 0.05) is 5.56 Å². The summed E-state index contributed by atoms with van der Waals surface area (Å²) in [5, 5.41) is 0. The number of ether oxygens (including phenoxy) is 1. The summed E-state index contributed by atoms with van der Waals surface area (Å²) in [6, 6.07) is 7.18. The monoisotopic (exact) mass is 218 g/mol. The highest BCUT2D eigenvalue weighted by Gasteiger charge is 2.07.